The van der Waals surface area contributed by atoms with Crippen LogP contribution in [-0.4, -0.2) is 23.6 Å². The maximum absolute atomic E-state index is 11.7. The average molecular weight is 220 g/mol. The molecule has 3 N–H and O–H groups in total. The van der Waals surface area contributed by atoms with Crippen LogP contribution in [0.15, 0.2) is 24.3 Å². The smallest absolute Gasteiger partial charge is 0.226 e. The summed E-state index contributed by atoms with van der Waals surface area (Å²) in [4.78, 5) is 11.7. The zero-order valence-corrected chi connectivity index (χ0v) is 9.07. The Hall–Kier alpha value is -1.55. The lowest BCUT2D eigenvalue weighted by atomic mass is 10.1. The van der Waals surface area contributed by atoms with Crippen molar-refractivity contribution in [1.82, 2.24) is 5.32 Å². The molecule has 1 amide bonds. The minimum absolute atomic E-state index is 0.0547. The summed E-state index contributed by atoms with van der Waals surface area (Å²) in [6, 6.07) is 7.04. The second kappa shape index (κ2) is 4.99. The van der Waals surface area contributed by atoms with Gasteiger partial charge in [0.2, 0.25) is 5.91 Å². The van der Waals surface area contributed by atoms with E-state index in [-0.39, 0.29) is 17.7 Å². The molecule has 0 spiro atoms. The summed E-state index contributed by atoms with van der Waals surface area (Å²) >= 11 is 0. The number of para-hydroxylation sites is 2. The minimum atomic E-state index is -0.0547. The zero-order chi connectivity index (χ0) is 11.4. The van der Waals surface area contributed by atoms with Crippen LogP contribution < -0.4 is 10.6 Å². The van der Waals surface area contributed by atoms with Gasteiger partial charge in [0.25, 0.3) is 0 Å². The SMILES string of the molecule is O=C(CC1CCCN1)Nc1ccccc1O. The highest BCUT2D eigenvalue weighted by Crippen LogP contribution is 2.22. The Morgan fingerprint density at radius 3 is 3.00 bits per heavy atom. The first-order valence-corrected chi connectivity index (χ1v) is 5.57. The van der Waals surface area contributed by atoms with Crippen molar-refractivity contribution in [1.29, 1.82) is 0 Å². The fraction of sp³-hybridized carbons (Fsp3) is 0.417. The highest BCUT2D eigenvalue weighted by atomic mass is 16.3. The number of carbonyl (C=O) groups excluding carboxylic acids is 1. The molecule has 1 atom stereocenters. The molecule has 86 valence electrons. The zero-order valence-electron chi connectivity index (χ0n) is 9.07. The topological polar surface area (TPSA) is 61.4 Å². The molecule has 16 heavy (non-hydrogen) atoms. The van der Waals surface area contributed by atoms with Crippen LogP contribution in [0.2, 0.25) is 0 Å². The van der Waals surface area contributed by atoms with Gasteiger partial charge in [0.1, 0.15) is 5.75 Å². The Morgan fingerprint density at radius 2 is 2.31 bits per heavy atom. The third-order valence-corrected chi connectivity index (χ3v) is 2.77. The molecule has 1 unspecified atom stereocenters. The first-order valence-electron chi connectivity index (χ1n) is 5.57. The van der Waals surface area contributed by atoms with Gasteiger partial charge in [-0.15, -0.1) is 0 Å². The standard InChI is InChI=1S/C12H16N2O2/c15-11-6-2-1-5-10(11)14-12(16)8-9-4-3-7-13-9/h1-2,5-6,9,13,15H,3-4,7-8H2,(H,14,16). The van der Waals surface area contributed by atoms with Crippen molar-refractivity contribution in [2.24, 2.45) is 0 Å². The van der Waals surface area contributed by atoms with Gasteiger partial charge in [0.05, 0.1) is 5.69 Å². The lowest BCUT2D eigenvalue weighted by Crippen LogP contribution is -2.27. The molecular weight excluding hydrogens is 204 g/mol. The lowest BCUT2D eigenvalue weighted by molar-refractivity contribution is -0.116. The van der Waals surface area contributed by atoms with E-state index in [0.717, 1.165) is 19.4 Å². The van der Waals surface area contributed by atoms with Gasteiger partial charge in [-0.3, -0.25) is 4.79 Å². The van der Waals surface area contributed by atoms with Crippen molar-refractivity contribution in [3.63, 3.8) is 0 Å². The molecule has 1 fully saturated rings. The molecule has 1 aromatic rings. The number of nitrogens with one attached hydrogen (secondary N) is 2. The fourth-order valence-electron chi connectivity index (χ4n) is 1.94. The number of benzene rings is 1. The van der Waals surface area contributed by atoms with E-state index in [1.165, 1.54) is 0 Å². The van der Waals surface area contributed by atoms with Gasteiger partial charge < -0.3 is 15.7 Å². The van der Waals surface area contributed by atoms with Crippen LogP contribution in [0.1, 0.15) is 19.3 Å². The first-order chi connectivity index (χ1) is 7.75. The summed E-state index contributed by atoms with van der Waals surface area (Å²) in [6.07, 6.45) is 2.65. The van der Waals surface area contributed by atoms with Crippen molar-refractivity contribution in [3.8, 4) is 5.75 Å². The van der Waals surface area contributed by atoms with Gasteiger partial charge in [0.15, 0.2) is 0 Å². The van der Waals surface area contributed by atoms with Gasteiger partial charge in [-0.25, -0.2) is 0 Å². The number of anilines is 1. The molecule has 0 aromatic heterocycles. The van der Waals surface area contributed by atoms with Crippen molar-refractivity contribution in [2.45, 2.75) is 25.3 Å². The van der Waals surface area contributed by atoms with Gasteiger partial charge in [0, 0.05) is 12.5 Å². The molecule has 4 nitrogen and oxygen atoms in total. The largest absolute Gasteiger partial charge is 0.506 e. The van der Waals surface area contributed by atoms with E-state index in [0.29, 0.717) is 12.1 Å². The number of hydrogen-bond acceptors (Lipinski definition) is 3. The van der Waals surface area contributed by atoms with E-state index in [4.69, 9.17) is 0 Å². The van der Waals surface area contributed by atoms with E-state index < -0.39 is 0 Å². The van der Waals surface area contributed by atoms with Crippen LogP contribution >= 0.6 is 0 Å². The Bertz CT molecular complexity index is 373. The molecule has 0 saturated carbocycles. The van der Waals surface area contributed by atoms with Crippen LogP contribution in [0.3, 0.4) is 0 Å². The average Bonchev–Trinajstić information content (AvgIpc) is 2.74. The van der Waals surface area contributed by atoms with E-state index in [1.807, 2.05) is 0 Å². The fourth-order valence-corrected chi connectivity index (χ4v) is 1.94. The molecule has 1 saturated heterocycles. The maximum atomic E-state index is 11.7. The van der Waals surface area contributed by atoms with Crippen LogP contribution in [0, 0.1) is 0 Å². The van der Waals surface area contributed by atoms with Crippen LogP contribution in [0.4, 0.5) is 5.69 Å². The predicted octanol–water partition coefficient (Wildman–Crippen LogP) is 1.47. The number of phenols is 1. The van der Waals surface area contributed by atoms with E-state index in [1.54, 1.807) is 24.3 Å². The molecule has 1 aliphatic heterocycles. The second-order valence-corrected chi connectivity index (χ2v) is 4.06. The highest BCUT2D eigenvalue weighted by Gasteiger charge is 2.17. The number of phenolic OH excluding ortho intramolecular Hbond substituents is 1. The summed E-state index contributed by atoms with van der Waals surface area (Å²) in [5.41, 5.74) is 0.477. The van der Waals surface area contributed by atoms with Crippen molar-refractivity contribution >= 4 is 11.6 Å². The summed E-state index contributed by atoms with van der Waals surface area (Å²) in [5, 5.41) is 15.5. The van der Waals surface area contributed by atoms with E-state index in [9.17, 15) is 9.90 Å². The van der Waals surface area contributed by atoms with E-state index in [2.05, 4.69) is 10.6 Å². The highest BCUT2D eigenvalue weighted by molar-refractivity contribution is 5.92. The van der Waals surface area contributed by atoms with Crippen LogP contribution in [0.5, 0.6) is 5.75 Å². The summed E-state index contributed by atoms with van der Waals surface area (Å²) < 4.78 is 0. The number of rotatable bonds is 3. The summed E-state index contributed by atoms with van der Waals surface area (Å²) in [6.45, 7) is 0.995. The Morgan fingerprint density at radius 1 is 1.50 bits per heavy atom. The first kappa shape index (κ1) is 11.0. The van der Waals surface area contributed by atoms with E-state index >= 15 is 0 Å². The molecule has 1 heterocycles. The monoisotopic (exact) mass is 220 g/mol. The van der Waals surface area contributed by atoms with Crippen molar-refractivity contribution < 1.29 is 9.90 Å². The summed E-state index contributed by atoms with van der Waals surface area (Å²) in [7, 11) is 0. The van der Waals surface area contributed by atoms with Crippen LogP contribution in [-0.2, 0) is 4.79 Å². The Labute approximate surface area is 94.7 Å². The molecule has 1 aromatic carbocycles. The minimum Gasteiger partial charge on any atom is -0.506 e. The lowest BCUT2D eigenvalue weighted by Gasteiger charge is -2.11. The number of aromatic hydroxyl groups is 1. The number of carbonyl (C=O) groups is 1. The quantitative estimate of drug-likeness (QED) is 0.676. The summed E-state index contributed by atoms with van der Waals surface area (Å²) in [5.74, 6) is 0.0520. The number of hydrogen-bond donors (Lipinski definition) is 3. The van der Waals surface area contributed by atoms with Gasteiger partial charge in [-0.2, -0.15) is 0 Å². The van der Waals surface area contributed by atoms with Crippen LogP contribution in [0.25, 0.3) is 0 Å². The normalized spacial score (nSPS) is 19.6. The molecule has 2 rings (SSSR count). The third kappa shape index (κ3) is 2.73. The molecular formula is C12H16N2O2. The molecule has 0 aliphatic carbocycles. The molecule has 0 bridgehead atoms. The molecule has 0 radical (unpaired) electrons. The Kier molecular flexibility index (Phi) is 3.41. The van der Waals surface area contributed by atoms with Gasteiger partial charge >= 0.3 is 0 Å². The second-order valence-electron chi connectivity index (χ2n) is 4.06. The van der Waals surface area contributed by atoms with Crippen molar-refractivity contribution in [2.75, 3.05) is 11.9 Å². The van der Waals surface area contributed by atoms with Crippen molar-refractivity contribution in [3.05, 3.63) is 24.3 Å². The predicted molar refractivity (Wildman–Crippen MR) is 62.4 cm³/mol. The third-order valence-electron chi connectivity index (χ3n) is 2.77. The molecule has 1 aliphatic rings. The maximum Gasteiger partial charge on any atom is 0.226 e. The Balaban J connectivity index is 1.89. The van der Waals surface area contributed by atoms with Gasteiger partial charge in [-0.05, 0) is 31.5 Å². The van der Waals surface area contributed by atoms with Gasteiger partial charge in [-0.1, -0.05) is 12.1 Å². The molecule has 4 heteroatoms. The number of amides is 1.